The fourth-order valence-electron chi connectivity index (χ4n) is 9.95. The zero-order valence-electron chi connectivity index (χ0n) is 44.2. The van der Waals surface area contributed by atoms with Crippen LogP contribution in [0.5, 0.6) is 17.2 Å². The van der Waals surface area contributed by atoms with Gasteiger partial charge in [0.1, 0.15) is 17.2 Å². The standard InChI is InChI=1S/C66H46F8O8S2/c1-42-33-36-51(39-56(42)63(67,68)64(69,70)82-65(71,72)66(73,74)84(77,78)79)83(75,76)50-37-34-49(35-38-50)81-62-53(44-23-11-4-12-24-44)41-55(58(46-27-15-6-16-28-46)60(62)48-31-19-8-20-32-48)54-40-52(43-21-9-3-10-22-43)61(80-2)59(47-29-17-7-18-30-47)57(54)45-25-13-5-14-26-45/h3-41H,1-2H3,(H,77,78,79). The molecule has 0 aliphatic carbocycles. The molecule has 8 nitrogen and oxygen atoms in total. The molecule has 0 aliphatic heterocycles. The molecule has 426 valence electrons. The Balaban J connectivity index is 1.18. The lowest BCUT2D eigenvalue weighted by Gasteiger charge is -2.32. The van der Waals surface area contributed by atoms with Crippen molar-refractivity contribution in [2.45, 2.75) is 40.1 Å². The minimum absolute atomic E-state index is 0.0218. The summed E-state index contributed by atoms with van der Waals surface area (Å²) in [5.41, 5.74) is 8.08. The Morgan fingerprint density at radius 2 is 0.750 bits per heavy atom. The van der Waals surface area contributed by atoms with Gasteiger partial charge in [-0.3, -0.25) is 4.55 Å². The van der Waals surface area contributed by atoms with Crippen molar-refractivity contribution in [3.8, 4) is 95.1 Å². The lowest BCUT2D eigenvalue weighted by atomic mass is 9.78. The van der Waals surface area contributed by atoms with E-state index in [1.54, 1.807) is 7.11 Å². The Morgan fingerprint density at radius 1 is 0.393 bits per heavy atom. The highest BCUT2D eigenvalue weighted by atomic mass is 32.2. The minimum Gasteiger partial charge on any atom is -0.495 e. The summed E-state index contributed by atoms with van der Waals surface area (Å²) in [4.78, 5) is -1.65. The first-order valence-electron chi connectivity index (χ1n) is 25.6. The molecule has 10 aromatic carbocycles. The maximum atomic E-state index is 15.6. The van der Waals surface area contributed by atoms with Crippen LogP contribution < -0.4 is 9.47 Å². The SMILES string of the molecule is COc1c(-c2ccccc2)cc(-c2cc(-c3ccccc3)c(Oc3ccc(S(=O)(=O)c4ccc(C)c(C(F)(F)C(F)(F)OC(F)(F)C(F)(F)S(=O)(=O)O)c4)cc3)c(-c3ccccc3)c2-c2ccccc2)c(-c2ccccc2)c1-c1ccccc1. The lowest BCUT2D eigenvalue weighted by Crippen LogP contribution is -2.55. The monoisotopic (exact) mass is 1180 g/mol. The number of sulfone groups is 1. The molecule has 0 bridgehead atoms. The molecule has 0 unspecified atom stereocenters. The topological polar surface area (TPSA) is 116 Å². The molecule has 0 fully saturated rings. The van der Waals surface area contributed by atoms with Gasteiger partial charge in [-0.05, 0) is 106 Å². The molecule has 0 saturated heterocycles. The smallest absolute Gasteiger partial charge is 0.460 e. The number of hydrogen-bond acceptors (Lipinski definition) is 7. The van der Waals surface area contributed by atoms with E-state index in [9.17, 15) is 34.4 Å². The van der Waals surface area contributed by atoms with E-state index in [4.69, 9.17) is 14.0 Å². The molecular weight excluding hydrogens is 1140 g/mol. The quantitative estimate of drug-likeness (QED) is 0.0667. The normalized spacial score (nSPS) is 12.5. The summed E-state index contributed by atoms with van der Waals surface area (Å²) in [5, 5.41) is -6.82. The van der Waals surface area contributed by atoms with Crippen LogP contribution in [0.2, 0.25) is 0 Å². The maximum Gasteiger partial charge on any atom is 0.460 e. The Morgan fingerprint density at radius 3 is 1.14 bits per heavy atom. The van der Waals surface area contributed by atoms with Gasteiger partial charge >= 0.3 is 33.5 Å². The number of rotatable bonds is 18. The van der Waals surface area contributed by atoms with Crippen LogP contribution in [-0.2, 0) is 30.6 Å². The molecule has 1 N–H and O–H groups in total. The number of alkyl halides is 8. The van der Waals surface area contributed by atoms with Crippen LogP contribution >= 0.6 is 0 Å². The summed E-state index contributed by atoms with van der Waals surface area (Å²) in [6.07, 6.45) is -13.6. The van der Waals surface area contributed by atoms with E-state index in [1.807, 2.05) is 182 Å². The predicted molar refractivity (Wildman–Crippen MR) is 306 cm³/mol. The Bertz CT molecular complexity index is 4260. The molecule has 18 heteroatoms. The van der Waals surface area contributed by atoms with E-state index in [1.165, 1.54) is 12.1 Å². The van der Waals surface area contributed by atoms with Crippen molar-refractivity contribution in [2.75, 3.05) is 7.11 Å². The highest BCUT2D eigenvalue weighted by molar-refractivity contribution is 7.91. The van der Waals surface area contributed by atoms with E-state index in [2.05, 4.69) is 16.9 Å². The van der Waals surface area contributed by atoms with Crippen molar-refractivity contribution >= 4 is 20.0 Å². The number of benzene rings is 10. The average Bonchev–Trinajstić information content (AvgIpc) is 1.37. The van der Waals surface area contributed by atoms with Gasteiger partial charge in [-0.2, -0.15) is 43.5 Å². The molecule has 0 saturated carbocycles. The van der Waals surface area contributed by atoms with E-state index in [-0.39, 0.29) is 11.8 Å². The van der Waals surface area contributed by atoms with Crippen LogP contribution in [0.25, 0.3) is 77.9 Å². The number of halogens is 8. The Kier molecular flexibility index (Phi) is 15.7. The van der Waals surface area contributed by atoms with Crippen LogP contribution in [0.3, 0.4) is 0 Å². The molecular formula is C66H46F8O8S2. The molecule has 0 amide bonds. The van der Waals surface area contributed by atoms with Crippen molar-refractivity contribution in [1.29, 1.82) is 0 Å². The second kappa shape index (κ2) is 22.7. The summed E-state index contributed by atoms with van der Waals surface area (Å²) in [7, 11) is -10.5. The van der Waals surface area contributed by atoms with Gasteiger partial charge < -0.3 is 9.47 Å². The molecule has 0 aromatic heterocycles. The highest BCUT2D eigenvalue weighted by Crippen LogP contribution is 2.57. The van der Waals surface area contributed by atoms with E-state index in [0.29, 0.717) is 39.8 Å². The van der Waals surface area contributed by atoms with Gasteiger partial charge in [0.05, 0.1) is 16.9 Å². The van der Waals surface area contributed by atoms with E-state index >= 15 is 17.6 Å². The van der Waals surface area contributed by atoms with Gasteiger partial charge in [0, 0.05) is 38.9 Å². The Hall–Kier alpha value is -8.94. The number of aryl methyl sites for hydroxylation is 1. The second-order valence-electron chi connectivity index (χ2n) is 19.3. The molecule has 0 aliphatic rings. The van der Waals surface area contributed by atoms with Gasteiger partial charge in [-0.25, -0.2) is 13.2 Å². The number of ether oxygens (including phenoxy) is 3. The van der Waals surface area contributed by atoms with Crippen LogP contribution in [0, 0.1) is 6.92 Å². The van der Waals surface area contributed by atoms with Crippen LogP contribution in [0.1, 0.15) is 11.1 Å². The molecule has 10 rings (SSSR count). The first-order chi connectivity index (χ1) is 40.0. The van der Waals surface area contributed by atoms with Gasteiger partial charge in [0.15, 0.2) is 0 Å². The molecule has 0 heterocycles. The highest BCUT2D eigenvalue weighted by Gasteiger charge is 2.74. The van der Waals surface area contributed by atoms with Crippen LogP contribution in [0.4, 0.5) is 35.1 Å². The summed E-state index contributed by atoms with van der Waals surface area (Å²) in [6.45, 7) is 0.763. The van der Waals surface area contributed by atoms with Crippen molar-refractivity contribution in [1.82, 2.24) is 0 Å². The third-order valence-electron chi connectivity index (χ3n) is 14.0. The van der Waals surface area contributed by atoms with Crippen molar-refractivity contribution in [3.63, 3.8) is 0 Å². The maximum absolute atomic E-state index is 15.6. The third-order valence-corrected chi connectivity index (χ3v) is 16.6. The zero-order valence-corrected chi connectivity index (χ0v) is 45.8. The van der Waals surface area contributed by atoms with Gasteiger partial charge in [-0.1, -0.05) is 188 Å². The summed E-state index contributed by atoms with van der Waals surface area (Å²) >= 11 is 0. The van der Waals surface area contributed by atoms with Crippen molar-refractivity contribution in [2.24, 2.45) is 0 Å². The second-order valence-corrected chi connectivity index (χ2v) is 22.7. The molecule has 0 atom stereocenters. The molecule has 0 radical (unpaired) electrons. The summed E-state index contributed by atoms with van der Waals surface area (Å²) in [5.74, 6) is -5.00. The van der Waals surface area contributed by atoms with Crippen molar-refractivity contribution < 1.29 is 70.7 Å². The van der Waals surface area contributed by atoms with Gasteiger partial charge in [-0.15, -0.1) is 0 Å². The van der Waals surface area contributed by atoms with Gasteiger partial charge in [0.25, 0.3) is 0 Å². The summed E-state index contributed by atoms with van der Waals surface area (Å²) < 4.78 is 192. The number of hydrogen-bond donors (Lipinski definition) is 1. The molecule has 10 aromatic rings. The third kappa shape index (κ3) is 10.8. The Labute approximate surface area is 478 Å². The average molecular weight is 1180 g/mol. The number of methoxy groups -OCH3 is 1. The lowest BCUT2D eigenvalue weighted by molar-refractivity contribution is -0.459. The molecule has 0 spiro atoms. The largest absolute Gasteiger partial charge is 0.495 e. The van der Waals surface area contributed by atoms with Crippen molar-refractivity contribution in [3.05, 3.63) is 248 Å². The van der Waals surface area contributed by atoms with E-state index < -0.39 is 64.3 Å². The first-order valence-corrected chi connectivity index (χ1v) is 28.5. The van der Waals surface area contributed by atoms with Gasteiger partial charge in [0.2, 0.25) is 9.84 Å². The fraction of sp³-hybridized carbons (Fsp3) is 0.0909. The fourth-order valence-corrected chi connectivity index (χ4v) is 11.6. The summed E-state index contributed by atoms with van der Waals surface area (Å²) in [6, 6.07) is 68.7. The van der Waals surface area contributed by atoms with Crippen LogP contribution in [0.15, 0.2) is 246 Å². The van der Waals surface area contributed by atoms with E-state index in [0.717, 1.165) is 80.8 Å². The first kappa shape index (κ1) is 58.3. The molecule has 84 heavy (non-hydrogen) atoms. The minimum atomic E-state index is -7.19. The van der Waals surface area contributed by atoms with Crippen LogP contribution in [-0.4, -0.2) is 46.0 Å². The zero-order chi connectivity index (χ0) is 59.8. The predicted octanol–water partition coefficient (Wildman–Crippen LogP) is 18.1.